The van der Waals surface area contributed by atoms with Gasteiger partial charge in [-0.2, -0.15) is 0 Å². The van der Waals surface area contributed by atoms with Gasteiger partial charge in [0.1, 0.15) is 0 Å². The quantitative estimate of drug-likeness (QED) is 0.794. The summed E-state index contributed by atoms with van der Waals surface area (Å²) in [6.07, 6.45) is 3.98. The third-order valence-corrected chi connectivity index (χ3v) is 4.54. The molecule has 108 valence electrons. The summed E-state index contributed by atoms with van der Waals surface area (Å²) in [5.41, 5.74) is 0. The number of fused-ring (bicyclic) bond motifs is 1. The number of nitrogens with one attached hydrogen (secondary N) is 1. The van der Waals surface area contributed by atoms with Crippen LogP contribution in [-0.4, -0.2) is 31.2 Å². The Kier molecular flexibility index (Phi) is 4.69. The molecule has 0 aliphatic heterocycles. The fourth-order valence-electron chi connectivity index (χ4n) is 2.01. The largest absolute Gasteiger partial charge is 0.393 e. The molecule has 6 heteroatoms. The molecule has 1 aromatic heterocycles. The average molecular weight is 294 g/mol. The van der Waals surface area contributed by atoms with Gasteiger partial charge in [0.25, 0.3) is 0 Å². The smallest absolute Gasteiger partial charge is 0.241 e. The number of pyridine rings is 1. The molecule has 0 saturated heterocycles. The summed E-state index contributed by atoms with van der Waals surface area (Å²) < 4.78 is 27.2. The summed E-state index contributed by atoms with van der Waals surface area (Å²) in [6, 6.07) is 6.81. The number of aromatic nitrogens is 1. The number of hydrogen-bond donors (Lipinski definition) is 2. The lowest BCUT2D eigenvalue weighted by Crippen LogP contribution is -2.25. The molecular weight excluding hydrogens is 276 g/mol. The zero-order valence-electron chi connectivity index (χ0n) is 11.3. The summed E-state index contributed by atoms with van der Waals surface area (Å²) in [4.78, 5) is 4.25. The van der Waals surface area contributed by atoms with Gasteiger partial charge in [-0.15, -0.1) is 0 Å². The second kappa shape index (κ2) is 6.30. The van der Waals surface area contributed by atoms with Crippen LogP contribution in [0.5, 0.6) is 0 Å². The SMILES string of the molecule is CC(O)CCCNS(=O)(=O)c1cccc2cnccc12. The minimum atomic E-state index is -3.54. The number of aliphatic hydroxyl groups is 1. The topological polar surface area (TPSA) is 79.3 Å². The zero-order valence-corrected chi connectivity index (χ0v) is 12.1. The van der Waals surface area contributed by atoms with Crippen molar-refractivity contribution in [3.8, 4) is 0 Å². The standard InChI is InChI=1S/C14H18N2O3S/c1-11(17)4-3-8-16-20(18,19)14-6-2-5-12-10-15-9-7-13(12)14/h2,5-7,9-11,16-17H,3-4,8H2,1H3. The van der Waals surface area contributed by atoms with Crippen LogP contribution in [-0.2, 0) is 10.0 Å². The van der Waals surface area contributed by atoms with Gasteiger partial charge in [-0.3, -0.25) is 4.98 Å². The van der Waals surface area contributed by atoms with Gasteiger partial charge in [0.15, 0.2) is 0 Å². The van der Waals surface area contributed by atoms with E-state index in [1.807, 2.05) is 6.07 Å². The van der Waals surface area contributed by atoms with E-state index >= 15 is 0 Å². The Morgan fingerprint density at radius 3 is 2.90 bits per heavy atom. The summed E-state index contributed by atoms with van der Waals surface area (Å²) >= 11 is 0. The van der Waals surface area contributed by atoms with E-state index in [1.54, 1.807) is 37.5 Å². The van der Waals surface area contributed by atoms with Crippen molar-refractivity contribution in [2.24, 2.45) is 0 Å². The van der Waals surface area contributed by atoms with E-state index in [-0.39, 0.29) is 4.90 Å². The highest BCUT2D eigenvalue weighted by Crippen LogP contribution is 2.21. The Morgan fingerprint density at radius 1 is 1.35 bits per heavy atom. The molecule has 0 aliphatic carbocycles. The first-order chi connectivity index (χ1) is 9.50. The number of rotatable bonds is 6. The number of hydrogen-bond acceptors (Lipinski definition) is 4. The Balaban J connectivity index is 2.19. The normalized spacial score (nSPS) is 13.5. The highest BCUT2D eigenvalue weighted by Gasteiger charge is 2.16. The van der Waals surface area contributed by atoms with Crippen molar-refractivity contribution in [3.05, 3.63) is 36.7 Å². The average Bonchev–Trinajstić information content (AvgIpc) is 2.43. The van der Waals surface area contributed by atoms with Crippen molar-refractivity contribution in [3.63, 3.8) is 0 Å². The molecule has 0 fully saturated rings. The highest BCUT2D eigenvalue weighted by atomic mass is 32.2. The van der Waals surface area contributed by atoms with E-state index in [9.17, 15) is 8.42 Å². The summed E-state index contributed by atoms with van der Waals surface area (Å²) in [6.45, 7) is 2.00. The molecule has 2 rings (SSSR count). The molecule has 0 amide bonds. The maximum atomic E-state index is 12.3. The van der Waals surface area contributed by atoms with Crippen molar-refractivity contribution in [1.29, 1.82) is 0 Å². The fourth-order valence-corrected chi connectivity index (χ4v) is 3.31. The molecule has 2 aromatic rings. The van der Waals surface area contributed by atoms with Gasteiger partial charge in [-0.1, -0.05) is 12.1 Å². The van der Waals surface area contributed by atoms with Gasteiger partial charge < -0.3 is 5.11 Å². The lowest BCUT2D eigenvalue weighted by atomic mass is 10.2. The van der Waals surface area contributed by atoms with E-state index in [4.69, 9.17) is 5.11 Å². The van der Waals surface area contributed by atoms with Crippen LogP contribution in [0.1, 0.15) is 19.8 Å². The first kappa shape index (κ1) is 14.9. The zero-order chi connectivity index (χ0) is 14.6. The van der Waals surface area contributed by atoms with Crippen molar-refractivity contribution >= 4 is 20.8 Å². The van der Waals surface area contributed by atoms with Crippen LogP contribution in [0.4, 0.5) is 0 Å². The third-order valence-electron chi connectivity index (χ3n) is 3.02. The molecule has 1 atom stereocenters. The molecule has 0 bridgehead atoms. The van der Waals surface area contributed by atoms with Gasteiger partial charge in [0.2, 0.25) is 10.0 Å². The van der Waals surface area contributed by atoms with E-state index in [0.717, 1.165) is 5.39 Å². The van der Waals surface area contributed by atoms with Crippen LogP contribution in [0.25, 0.3) is 10.8 Å². The molecular formula is C14H18N2O3S. The summed E-state index contributed by atoms with van der Waals surface area (Å²) in [5.74, 6) is 0. The molecule has 0 spiro atoms. The van der Waals surface area contributed by atoms with Gasteiger partial charge >= 0.3 is 0 Å². The minimum absolute atomic E-state index is 0.259. The molecule has 1 unspecified atom stereocenters. The number of sulfonamides is 1. The first-order valence-corrected chi connectivity index (χ1v) is 7.99. The first-order valence-electron chi connectivity index (χ1n) is 6.51. The van der Waals surface area contributed by atoms with Crippen LogP contribution in [0.2, 0.25) is 0 Å². The maximum Gasteiger partial charge on any atom is 0.241 e. The molecule has 0 aliphatic rings. The molecule has 1 aromatic carbocycles. The van der Waals surface area contributed by atoms with Crippen LogP contribution in [0, 0.1) is 0 Å². The molecule has 2 N–H and O–H groups in total. The number of aliphatic hydroxyl groups excluding tert-OH is 1. The van der Waals surface area contributed by atoms with Gasteiger partial charge in [-0.25, -0.2) is 13.1 Å². The predicted molar refractivity (Wildman–Crippen MR) is 77.8 cm³/mol. The van der Waals surface area contributed by atoms with Crippen LogP contribution < -0.4 is 4.72 Å². The van der Waals surface area contributed by atoms with E-state index in [0.29, 0.717) is 24.8 Å². The highest BCUT2D eigenvalue weighted by molar-refractivity contribution is 7.89. The van der Waals surface area contributed by atoms with Crippen LogP contribution >= 0.6 is 0 Å². The Morgan fingerprint density at radius 2 is 2.15 bits per heavy atom. The van der Waals surface area contributed by atoms with Crippen LogP contribution in [0.3, 0.4) is 0 Å². The molecule has 20 heavy (non-hydrogen) atoms. The lowest BCUT2D eigenvalue weighted by Gasteiger charge is -2.10. The Bertz CT molecular complexity index is 678. The van der Waals surface area contributed by atoms with Crippen molar-refractivity contribution in [2.75, 3.05) is 6.54 Å². The lowest BCUT2D eigenvalue weighted by molar-refractivity contribution is 0.182. The van der Waals surface area contributed by atoms with Gasteiger partial charge in [0, 0.05) is 29.7 Å². The maximum absolute atomic E-state index is 12.3. The van der Waals surface area contributed by atoms with E-state index < -0.39 is 16.1 Å². The van der Waals surface area contributed by atoms with E-state index in [1.165, 1.54) is 0 Å². The van der Waals surface area contributed by atoms with Gasteiger partial charge in [0.05, 0.1) is 11.0 Å². The van der Waals surface area contributed by atoms with Crippen LogP contribution in [0.15, 0.2) is 41.6 Å². The molecule has 0 radical (unpaired) electrons. The summed E-state index contributed by atoms with van der Waals surface area (Å²) in [7, 11) is -3.54. The summed E-state index contributed by atoms with van der Waals surface area (Å²) in [5, 5.41) is 10.6. The predicted octanol–water partition coefficient (Wildman–Crippen LogP) is 1.67. The van der Waals surface area contributed by atoms with Gasteiger partial charge in [-0.05, 0) is 31.9 Å². The minimum Gasteiger partial charge on any atom is -0.393 e. The second-order valence-electron chi connectivity index (χ2n) is 4.74. The molecule has 5 nitrogen and oxygen atoms in total. The Labute approximate surface area is 118 Å². The van der Waals surface area contributed by atoms with E-state index in [2.05, 4.69) is 9.71 Å². The second-order valence-corrected chi connectivity index (χ2v) is 6.48. The molecule has 0 saturated carbocycles. The number of nitrogens with zero attached hydrogens (tertiary/aromatic N) is 1. The number of benzene rings is 1. The monoisotopic (exact) mass is 294 g/mol. The van der Waals surface area contributed by atoms with Crippen molar-refractivity contribution in [2.45, 2.75) is 30.8 Å². The molecule has 1 heterocycles. The third kappa shape index (κ3) is 3.53. The Hall–Kier alpha value is -1.50. The van der Waals surface area contributed by atoms with Crippen molar-refractivity contribution < 1.29 is 13.5 Å². The van der Waals surface area contributed by atoms with Crippen molar-refractivity contribution in [1.82, 2.24) is 9.71 Å². The fraction of sp³-hybridized carbons (Fsp3) is 0.357.